The third-order valence-electron chi connectivity index (χ3n) is 2.05. The van der Waals surface area contributed by atoms with E-state index in [9.17, 15) is 14.4 Å². The normalized spacial score (nSPS) is 15.2. The first-order chi connectivity index (χ1) is 7.59. The minimum absolute atomic E-state index is 0.0225. The highest BCUT2D eigenvalue weighted by Gasteiger charge is 2.22. The van der Waals surface area contributed by atoms with Crippen molar-refractivity contribution in [3.63, 3.8) is 0 Å². The average molecular weight is 246 g/mol. The fourth-order valence-corrected chi connectivity index (χ4v) is 2.14. The maximum absolute atomic E-state index is 11.3. The van der Waals surface area contributed by atoms with Gasteiger partial charge in [0.15, 0.2) is 0 Å². The summed E-state index contributed by atoms with van der Waals surface area (Å²) in [5, 5.41) is 11.0. The van der Waals surface area contributed by atoms with Crippen LogP contribution in [-0.2, 0) is 14.4 Å². The molecule has 0 atom stereocenters. The van der Waals surface area contributed by atoms with Gasteiger partial charge in [-0.05, 0) is 6.42 Å². The summed E-state index contributed by atoms with van der Waals surface area (Å²) in [7, 11) is 0. The molecular weight excluding hydrogens is 232 g/mol. The van der Waals surface area contributed by atoms with Crippen molar-refractivity contribution in [3.8, 4) is 0 Å². The minimum atomic E-state index is -0.875. The van der Waals surface area contributed by atoms with Crippen LogP contribution in [0.25, 0.3) is 0 Å². The van der Waals surface area contributed by atoms with Crippen molar-refractivity contribution in [3.05, 3.63) is 0 Å². The van der Waals surface area contributed by atoms with Crippen molar-refractivity contribution >= 4 is 29.5 Å². The fraction of sp³-hybridized carbons (Fsp3) is 0.667. The van der Waals surface area contributed by atoms with Gasteiger partial charge in [-0.3, -0.25) is 14.4 Å². The summed E-state index contributed by atoms with van der Waals surface area (Å²) in [6, 6.07) is 0. The van der Waals surface area contributed by atoms with Crippen LogP contribution in [0.5, 0.6) is 0 Å². The van der Waals surface area contributed by atoms with Crippen molar-refractivity contribution in [1.29, 1.82) is 0 Å². The molecule has 1 heterocycles. The topological polar surface area (TPSA) is 86.7 Å². The molecule has 0 aromatic heterocycles. The van der Waals surface area contributed by atoms with Gasteiger partial charge in [0, 0.05) is 13.0 Å². The van der Waals surface area contributed by atoms with E-state index in [0.29, 0.717) is 24.6 Å². The van der Waals surface area contributed by atoms with Gasteiger partial charge >= 0.3 is 5.97 Å². The molecule has 1 aliphatic rings. The lowest BCUT2D eigenvalue weighted by atomic mass is 10.3. The molecule has 0 unspecified atom stereocenters. The Morgan fingerprint density at radius 1 is 1.50 bits per heavy atom. The van der Waals surface area contributed by atoms with Gasteiger partial charge in [-0.1, -0.05) is 0 Å². The maximum Gasteiger partial charge on any atom is 0.303 e. The van der Waals surface area contributed by atoms with Crippen LogP contribution >= 0.6 is 11.8 Å². The molecule has 1 fully saturated rings. The third kappa shape index (κ3) is 4.52. The van der Waals surface area contributed by atoms with Crippen molar-refractivity contribution in [2.45, 2.75) is 12.8 Å². The van der Waals surface area contributed by atoms with Crippen LogP contribution in [0.2, 0.25) is 0 Å². The molecule has 16 heavy (non-hydrogen) atoms. The first kappa shape index (κ1) is 12.8. The Morgan fingerprint density at radius 2 is 2.25 bits per heavy atom. The number of hydrogen-bond donors (Lipinski definition) is 2. The predicted molar refractivity (Wildman–Crippen MR) is 58.9 cm³/mol. The van der Waals surface area contributed by atoms with Gasteiger partial charge in [-0.15, -0.1) is 11.8 Å². The third-order valence-corrected chi connectivity index (χ3v) is 2.99. The monoisotopic (exact) mass is 246 g/mol. The van der Waals surface area contributed by atoms with E-state index in [2.05, 4.69) is 5.32 Å². The molecule has 6 nitrogen and oxygen atoms in total. The minimum Gasteiger partial charge on any atom is -0.481 e. The van der Waals surface area contributed by atoms with E-state index < -0.39 is 5.97 Å². The standard InChI is InChI=1S/C9H14N2O4S/c12-7(10-3-1-2-9(14)15)4-11-6-16-5-8(11)13/h1-6H2,(H,10,12)(H,14,15). The lowest BCUT2D eigenvalue weighted by Gasteiger charge is -2.13. The van der Waals surface area contributed by atoms with Crippen molar-refractivity contribution in [2.75, 3.05) is 24.7 Å². The molecule has 2 N–H and O–H groups in total. The molecule has 1 aliphatic heterocycles. The van der Waals surface area contributed by atoms with Gasteiger partial charge < -0.3 is 15.3 Å². The largest absolute Gasteiger partial charge is 0.481 e. The molecule has 2 amide bonds. The zero-order valence-corrected chi connectivity index (χ0v) is 9.59. The lowest BCUT2D eigenvalue weighted by molar-refractivity contribution is -0.137. The Morgan fingerprint density at radius 3 is 2.81 bits per heavy atom. The highest BCUT2D eigenvalue weighted by molar-refractivity contribution is 8.00. The number of carboxylic acids is 1. The number of carbonyl (C=O) groups is 3. The van der Waals surface area contributed by atoms with E-state index in [-0.39, 0.29) is 24.8 Å². The maximum atomic E-state index is 11.3. The number of amides is 2. The summed E-state index contributed by atoms with van der Waals surface area (Å²) >= 11 is 1.48. The molecule has 0 aromatic rings. The van der Waals surface area contributed by atoms with Crippen LogP contribution in [0.3, 0.4) is 0 Å². The predicted octanol–water partition coefficient (Wildman–Crippen LogP) is -0.500. The number of thioether (sulfide) groups is 1. The van der Waals surface area contributed by atoms with Gasteiger partial charge in [-0.25, -0.2) is 0 Å². The average Bonchev–Trinajstić information content (AvgIpc) is 2.59. The van der Waals surface area contributed by atoms with Gasteiger partial charge in [0.2, 0.25) is 11.8 Å². The summed E-state index contributed by atoms with van der Waals surface area (Å²) in [5.41, 5.74) is 0. The molecule has 0 aliphatic carbocycles. The van der Waals surface area contributed by atoms with E-state index in [1.165, 1.54) is 16.7 Å². The summed E-state index contributed by atoms with van der Waals surface area (Å²) in [6.45, 7) is 0.402. The second kappa shape index (κ2) is 6.37. The lowest BCUT2D eigenvalue weighted by Crippen LogP contribution is -2.38. The summed E-state index contributed by atoms with van der Waals surface area (Å²) in [4.78, 5) is 34.2. The highest BCUT2D eigenvalue weighted by atomic mass is 32.2. The number of carbonyl (C=O) groups excluding carboxylic acids is 2. The van der Waals surface area contributed by atoms with E-state index in [0.717, 1.165) is 0 Å². The smallest absolute Gasteiger partial charge is 0.303 e. The van der Waals surface area contributed by atoms with E-state index >= 15 is 0 Å². The zero-order valence-electron chi connectivity index (χ0n) is 8.77. The Bertz CT molecular complexity index is 295. The van der Waals surface area contributed by atoms with Crippen LogP contribution < -0.4 is 5.32 Å². The Balaban J connectivity index is 2.11. The summed E-state index contributed by atoms with van der Waals surface area (Å²) in [6.07, 6.45) is 0.447. The number of carboxylic acid groups (broad SMARTS) is 1. The molecule has 0 spiro atoms. The highest BCUT2D eigenvalue weighted by Crippen LogP contribution is 2.13. The van der Waals surface area contributed by atoms with E-state index in [1.54, 1.807) is 0 Å². The molecule has 0 aromatic carbocycles. The quantitative estimate of drug-likeness (QED) is 0.617. The van der Waals surface area contributed by atoms with Gasteiger partial charge in [0.25, 0.3) is 0 Å². The first-order valence-electron chi connectivity index (χ1n) is 4.93. The zero-order chi connectivity index (χ0) is 12.0. The number of aliphatic carboxylic acids is 1. The number of nitrogens with zero attached hydrogens (tertiary/aromatic N) is 1. The second-order valence-corrected chi connectivity index (χ2v) is 4.37. The van der Waals surface area contributed by atoms with Crippen LogP contribution in [-0.4, -0.2) is 52.5 Å². The molecule has 0 radical (unpaired) electrons. The number of hydrogen-bond acceptors (Lipinski definition) is 4. The van der Waals surface area contributed by atoms with E-state index in [1.807, 2.05) is 0 Å². The van der Waals surface area contributed by atoms with Crippen molar-refractivity contribution in [1.82, 2.24) is 10.2 Å². The van der Waals surface area contributed by atoms with Crippen LogP contribution in [0.15, 0.2) is 0 Å². The number of nitrogens with one attached hydrogen (secondary N) is 1. The Labute approximate surface area is 97.4 Å². The summed E-state index contributed by atoms with van der Waals surface area (Å²) < 4.78 is 0. The van der Waals surface area contributed by atoms with E-state index in [4.69, 9.17) is 5.11 Å². The molecule has 0 saturated carbocycles. The van der Waals surface area contributed by atoms with Gasteiger partial charge in [0.05, 0.1) is 11.6 Å². The molecule has 0 bridgehead atoms. The SMILES string of the molecule is O=C(O)CCCNC(=O)CN1CSCC1=O. The van der Waals surface area contributed by atoms with Crippen molar-refractivity contribution in [2.24, 2.45) is 0 Å². The van der Waals surface area contributed by atoms with Crippen molar-refractivity contribution < 1.29 is 19.5 Å². The Kier molecular flexibility index (Phi) is 5.10. The molecule has 90 valence electrons. The van der Waals surface area contributed by atoms with Crippen LogP contribution in [0.4, 0.5) is 0 Å². The van der Waals surface area contributed by atoms with Crippen LogP contribution in [0, 0.1) is 0 Å². The van der Waals surface area contributed by atoms with Gasteiger partial charge in [-0.2, -0.15) is 0 Å². The number of rotatable bonds is 6. The molecule has 1 rings (SSSR count). The Hall–Kier alpha value is -1.24. The van der Waals surface area contributed by atoms with Gasteiger partial charge in [0.1, 0.15) is 6.54 Å². The first-order valence-corrected chi connectivity index (χ1v) is 6.09. The fourth-order valence-electron chi connectivity index (χ4n) is 1.24. The second-order valence-electron chi connectivity index (χ2n) is 3.42. The van der Waals surface area contributed by atoms with Crippen LogP contribution in [0.1, 0.15) is 12.8 Å². The molecular formula is C9H14N2O4S. The molecule has 1 saturated heterocycles. The molecule has 7 heteroatoms. The summed E-state index contributed by atoms with van der Waals surface area (Å²) in [5.74, 6) is -0.138.